The molecule has 19 heavy (non-hydrogen) atoms. The number of H-pyrrole nitrogens is 1. The Morgan fingerprint density at radius 2 is 2.26 bits per heavy atom. The molecule has 0 bridgehead atoms. The number of nitrogens with one attached hydrogen (secondary N) is 2. The summed E-state index contributed by atoms with van der Waals surface area (Å²) in [6, 6.07) is 0. The lowest BCUT2D eigenvalue weighted by Gasteiger charge is -2.06. The summed E-state index contributed by atoms with van der Waals surface area (Å²) in [4.78, 5) is 12.5. The van der Waals surface area contributed by atoms with Crippen molar-refractivity contribution in [1.82, 2.24) is 29.7 Å². The van der Waals surface area contributed by atoms with Crippen LogP contribution in [0.1, 0.15) is 12.1 Å². The van der Waals surface area contributed by atoms with E-state index >= 15 is 0 Å². The molecule has 0 amide bonds. The zero-order chi connectivity index (χ0) is 13.1. The Balaban J connectivity index is 1.62. The van der Waals surface area contributed by atoms with Gasteiger partial charge in [-0.05, 0) is 13.3 Å². The van der Waals surface area contributed by atoms with E-state index < -0.39 is 0 Å². The highest BCUT2D eigenvalue weighted by molar-refractivity contribution is 5.86. The first-order valence-corrected chi connectivity index (χ1v) is 6.20. The maximum atomic E-state index is 4.23. The molecule has 0 aliphatic carbocycles. The molecule has 0 spiro atoms. The van der Waals surface area contributed by atoms with Crippen LogP contribution in [0.2, 0.25) is 0 Å². The Morgan fingerprint density at radius 1 is 1.32 bits per heavy atom. The van der Waals surface area contributed by atoms with Crippen molar-refractivity contribution < 1.29 is 0 Å². The van der Waals surface area contributed by atoms with E-state index in [1.165, 1.54) is 0 Å². The van der Waals surface area contributed by atoms with Gasteiger partial charge in [0, 0.05) is 25.5 Å². The van der Waals surface area contributed by atoms with E-state index in [9.17, 15) is 0 Å². The summed E-state index contributed by atoms with van der Waals surface area (Å²) >= 11 is 0. The first-order chi connectivity index (χ1) is 9.34. The van der Waals surface area contributed by atoms with Crippen LogP contribution in [0.25, 0.3) is 11.0 Å². The predicted molar refractivity (Wildman–Crippen MR) is 71.8 cm³/mol. The van der Waals surface area contributed by atoms with Gasteiger partial charge in [0.15, 0.2) is 11.3 Å². The summed E-state index contributed by atoms with van der Waals surface area (Å²) in [7, 11) is 0. The van der Waals surface area contributed by atoms with Crippen molar-refractivity contribution in [3.63, 3.8) is 0 Å². The highest BCUT2D eigenvalue weighted by Gasteiger charge is 2.08. The summed E-state index contributed by atoms with van der Waals surface area (Å²) in [6.45, 7) is 3.71. The monoisotopic (exact) mass is 257 g/mol. The molecule has 0 saturated heterocycles. The zero-order valence-electron chi connectivity index (χ0n) is 10.7. The number of aryl methyl sites for hydroxylation is 2. The number of aromatic amines is 1. The van der Waals surface area contributed by atoms with Crippen LogP contribution in [0.15, 0.2) is 25.0 Å². The number of fused-ring (bicyclic) bond motifs is 1. The molecule has 0 aliphatic heterocycles. The van der Waals surface area contributed by atoms with Crippen LogP contribution < -0.4 is 5.32 Å². The normalized spacial score (nSPS) is 11.0. The first kappa shape index (κ1) is 11.6. The van der Waals surface area contributed by atoms with E-state index in [1.54, 1.807) is 12.5 Å². The summed E-state index contributed by atoms with van der Waals surface area (Å²) in [5, 5.41) is 10.4. The van der Waals surface area contributed by atoms with Crippen LogP contribution in [0, 0.1) is 6.92 Å². The minimum Gasteiger partial charge on any atom is -0.368 e. The maximum absolute atomic E-state index is 4.23. The van der Waals surface area contributed by atoms with Gasteiger partial charge in [-0.1, -0.05) is 0 Å². The molecule has 0 saturated carbocycles. The second-order valence-corrected chi connectivity index (χ2v) is 4.35. The van der Waals surface area contributed by atoms with Crippen LogP contribution in [0.3, 0.4) is 0 Å². The van der Waals surface area contributed by atoms with Crippen molar-refractivity contribution in [2.75, 3.05) is 11.9 Å². The predicted octanol–water partition coefficient (Wildman–Crippen LogP) is 1.36. The smallest absolute Gasteiger partial charge is 0.157 e. The number of hydrogen-bond acceptors (Lipinski definition) is 5. The molecule has 0 atom stereocenters. The molecule has 0 fully saturated rings. The molecule has 3 aromatic rings. The molecule has 0 aliphatic rings. The summed E-state index contributed by atoms with van der Waals surface area (Å²) in [5.41, 5.74) is 2.62. The zero-order valence-corrected chi connectivity index (χ0v) is 10.7. The average molecular weight is 257 g/mol. The average Bonchev–Trinajstić information content (AvgIpc) is 3.06. The van der Waals surface area contributed by atoms with Crippen molar-refractivity contribution in [3.8, 4) is 0 Å². The van der Waals surface area contributed by atoms with E-state index in [4.69, 9.17) is 0 Å². The molecule has 0 radical (unpaired) electrons. The Hall–Kier alpha value is -2.44. The molecule has 3 aromatic heterocycles. The quantitative estimate of drug-likeness (QED) is 0.674. The first-order valence-electron chi connectivity index (χ1n) is 6.20. The maximum Gasteiger partial charge on any atom is 0.157 e. The highest BCUT2D eigenvalue weighted by Crippen LogP contribution is 2.18. The molecular weight excluding hydrogens is 242 g/mol. The third-order valence-corrected chi connectivity index (χ3v) is 2.96. The lowest BCUT2D eigenvalue weighted by molar-refractivity contribution is 0.660. The molecule has 3 heterocycles. The minimum absolute atomic E-state index is 0.778. The number of imidazole rings is 1. The van der Waals surface area contributed by atoms with Gasteiger partial charge >= 0.3 is 0 Å². The molecule has 3 rings (SSSR count). The third-order valence-electron chi connectivity index (χ3n) is 2.96. The molecule has 2 N–H and O–H groups in total. The second kappa shape index (κ2) is 5.05. The van der Waals surface area contributed by atoms with Crippen molar-refractivity contribution in [2.24, 2.45) is 0 Å². The largest absolute Gasteiger partial charge is 0.368 e. The number of rotatable bonds is 5. The molecule has 7 heteroatoms. The Bertz CT molecular complexity index is 656. The van der Waals surface area contributed by atoms with Gasteiger partial charge in [-0.2, -0.15) is 5.10 Å². The molecule has 98 valence electrons. The van der Waals surface area contributed by atoms with Gasteiger partial charge in [0.25, 0.3) is 0 Å². The summed E-state index contributed by atoms with van der Waals surface area (Å²) < 4.78 is 2.05. The van der Waals surface area contributed by atoms with E-state index in [-0.39, 0.29) is 0 Å². The number of nitrogens with zero attached hydrogens (tertiary/aromatic N) is 5. The van der Waals surface area contributed by atoms with Crippen molar-refractivity contribution >= 4 is 16.9 Å². The van der Waals surface area contributed by atoms with Crippen LogP contribution in [-0.2, 0) is 6.54 Å². The van der Waals surface area contributed by atoms with Gasteiger partial charge in [0.05, 0.1) is 12.0 Å². The van der Waals surface area contributed by atoms with E-state index in [2.05, 4.69) is 35.0 Å². The lowest BCUT2D eigenvalue weighted by atomic mass is 10.3. The summed E-state index contributed by atoms with van der Waals surface area (Å²) in [5.74, 6) is 0.778. The van der Waals surface area contributed by atoms with E-state index in [0.717, 1.165) is 42.1 Å². The van der Waals surface area contributed by atoms with Gasteiger partial charge < -0.3 is 9.88 Å². The van der Waals surface area contributed by atoms with Gasteiger partial charge in [-0.25, -0.2) is 15.0 Å². The van der Waals surface area contributed by atoms with E-state index in [0.29, 0.717) is 0 Å². The van der Waals surface area contributed by atoms with Crippen LogP contribution in [0.5, 0.6) is 0 Å². The standard InChI is InChI=1S/C12H15N7/c1-9-10-11(18-17-9)12(16-7-15-10)14-3-2-5-19-6-4-13-8-19/h4,6-8H,2-3,5H2,1H3,(H,17,18)(H,14,15,16). The van der Waals surface area contributed by atoms with Gasteiger partial charge in [-0.3, -0.25) is 5.10 Å². The van der Waals surface area contributed by atoms with Crippen molar-refractivity contribution in [2.45, 2.75) is 19.9 Å². The SMILES string of the molecule is Cc1[nH]nc2c(NCCCn3ccnc3)ncnc12. The van der Waals surface area contributed by atoms with Crippen molar-refractivity contribution in [3.05, 3.63) is 30.7 Å². The van der Waals surface area contributed by atoms with Gasteiger partial charge in [0.2, 0.25) is 0 Å². The Labute approximate surface area is 110 Å². The topological polar surface area (TPSA) is 84.3 Å². The highest BCUT2D eigenvalue weighted by atomic mass is 15.2. The van der Waals surface area contributed by atoms with Crippen LogP contribution in [0.4, 0.5) is 5.82 Å². The fraction of sp³-hybridized carbons (Fsp3) is 0.333. The number of anilines is 1. The third kappa shape index (κ3) is 2.40. The number of hydrogen-bond donors (Lipinski definition) is 2. The van der Waals surface area contributed by atoms with Gasteiger partial charge in [-0.15, -0.1) is 0 Å². The molecule has 7 nitrogen and oxygen atoms in total. The van der Waals surface area contributed by atoms with E-state index in [1.807, 2.05) is 19.4 Å². The second-order valence-electron chi connectivity index (χ2n) is 4.35. The summed E-state index contributed by atoms with van der Waals surface area (Å²) in [6.07, 6.45) is 8.11. The number of aromatic nitrogens is 6. The fourth-order valence-electron chi connectivity index (χ4n) is 1.97. The lowest BCUT2D eigenvalue weighted by Crippen LogP contribution is -2.07. The fourth-order valence-corrected chi connectivity index (χ4v) is 1.97. The van der Waals surface area contributed by atoms with Gasteiger partial charge in [0.1, 0.15) is 11.8 Å². The van der Waals surface area contributed by atoms with Crippen LogP contribution in [-0.4, -0.2) is 36.3 Å². The molecule has 0 aromatic carbocycles. The Morgan fingerprint density at radius 3 is 3.11 bits per heavy atom. The van der Waals surface area contributed by atoms with Crippen molar-refractivity contribution in [1.29, 1.82) is 0 Å². The Kier molecular flexibility index (Phi) is 3.09. The molecular formula is C12H15N7. The minimum atomic E-state index is 0.778. The molecule has 0 unspecified atom stereocenters. The van der Waals surface area contributed by atoms with Crippen LogP contribution >= 0.6 is 0 Å².